The van der Waals surface area contributed by atoms with Gasteiger partial charge in [0.1, 0.15) is 22.4 Å². The number of aromatic amines is 1. The van der Waals surface area contributed by atoms with Gasteiger partial charge < -0.3 is 14.6 Å². The topological polar surface area (TPSA) is 95.6 Å². The summed E-state index contributed by atoms with van der Waals surface area (Å²) in [6, 6.07) is 6.45. The molecule has 1 aromatic heterocycles. The fourth-order valence-electron chi connectivity index (χ4n) is 3.91. The van der Waals surface area contributed by atoms with Crippen LogP contribution in [0.5, 0.6) is 5.75 Å². The molecular formula is C18H22N4O4S. The highest BCUT2D eigenvalue weighted by Crippen LogP contribution is 2.36. The monoisotopic (exact) mass is 390 g/mol. The van der Waals surface area contributed by atoms with Crippen LogP contribution in [-0.4, -0.2) is 65.3 Å². The normalized spacial score (nSPS) is 24.9. The third-order valence-electron chi connectivity index (χ3n) is 5.22. The van der Waals surface area contributed by atoms with E-state index in [9.17, 15) is 13.2 Å². The largest absolute Gasteiger partial charge is 0.487 e. The smallest absolute Gasteiger partial charge is 0.271 e. The minimum Gasteiger partial charge on any atom is -0.487 e. The lowest BCUT2D eigenvalue weighted by molar-refractivity contribution is 0.0750. The number of nitrogens with zero attached hydrogens (tertiary/aromatic N) is 3. The molecule has 0 saturated carbocycles. The molecule has 2 aliphatic heterocycles. The first-order valence-corrected chi connectivity index (χ1v) is 10.5. The molecule has 0 spiro atoms. The van der Waals surface area contributed by atoms with Crippen LogP contribution in [0, 0.1) is 0 Å². The molecular weight excluding hydrogens is 368 g/mol. The minimum atomic E-state index is -3.65. The second-order valence-corrected chi connectivity index (χ2v) is 8.57. The van der Waals surface area contributed by atoms with E-state index in [1.807, 2.05) is 6.92 Å². The standard InChI is InChI=1S/C18H22N4O4S/c1-2-22-14-7-9-21(18(23)13-11-19-12-20-13)10-8-15(14)26-16-5-3-4-6-17(16)27(22,24)25/h3-6,11-12,14-15H,2,7-10H2,1H3,(H,19,20)/t14-,15-/m1/s1. The first-order valence-electron chi connectivity index (χ1n) is 9.07. The van der Waals surface area contributed by atoms with Crippen LogP contribution >= 0.6 is 0 Å². The number of hydrogen-bond donors (Lipinski definition) is 1. The van der Waals surface area contributed by atoms with Crippen molar-refractivity contribution in [3.8, 4) is 5.75 Å². The fraction of sp³-hybridized carbons (Fsp3) is 0.444. The number of nitrogens with one attached hydrogen (secondary N) is 1. The summed E-state index contributed by atoms with van der Waals surface area (Å²) in [7, 11) is -3.65. The summed E-state index contributed by atoms with van der Waals surface area (Å²) in [6.07, 6.45) is 3.75. The molecule has 2 atom stereocenters. The molecule has 1 saturated heterocycles. The highest BCUT2D eigenvalue weighted by atomic mass is 32.2. The van der Waals surface area contributed by atoms with E-state index in [1.165, 1.54) is 16.8 Å². The lowest BCUT2D eigenvalue weighted by Crippen LogP contribution is -2.47. The van der Waals surface area contributed by atoms with Crippen LogP contribution in [0.4, 0.5) is 0 Å². The van der Waals surface area contributed by atoms with Gasteiger partial charge in [0.15, 0.2) is 0 Å². The Labute approximate surface area is 158 Å². The number of likely N-dealkylation sites (tertiary alicyclic amines) is 1. The van der Waals surface area contributed by atoms with Crippen LogP contribution in [-0.2, 0) is 10.0 Å². The predicted octanol–water partition coefficient (Wildman–Crippen LogP) is 1.49. The van der Waals surface area contributed by atoms with Crippen molar-refractivity contribution in [2.45, 2.75) is 36.8 Å². The van der Waals surface area contributed by atoms with Crippen molar-refractivity contribution in [2.75, 3.05) is 19.6 Å². The first-order chi connectivity index (χ1) is 13.0. The summed E-state index contributed by atoms with van der Waals surface area (Å²) in [5, 5.41) is 0. The average molecular weight is 390 g/mol. The number of aromatic nitrogens is 2. The van der Waals surface area contributed by atoms with Crippen molar-refractivity contribution >= 4 is 15.9 Å². The molecule has 9 heteroatoms. The van der Waals surface area contributed by atoms with Gasteiger partial charge >= 0.3 is 0 Å². The predicted molar refractivity (Wildman–Crippen MR) is 97.9 cm³/mol. The SMILES string of the molecule is CCN1[C@@H]2CCN(C(=O)c3cnc[nH]3)CC[C@H]2Oc2ccccc2S1(=O)=O. The van der Waals surface area contributed by atoms with Gasteiger partial charge in [-0.15, -0.1) is 0 Å². The zero-order chi connectivity index (χ0) is 19.0. The number of likely N-dealkylation sites (N-methyl/N-ethyl adjacent to an activating group) is 1. The molecule has 0 bridgehead atoms. The van der Waals surface area contributed by atoms with E-state index in [-0.39, 0.29) is 22.9 Å². The molecule has 0 aliphatic carbocycles. The number of hydrogen-bond acceptors (Lipinski definition) is 5. The summed E-state index contributed by atoms with van der Waals surface area (Å²) in [4.78, 5) is 21.3. The van der Waals surface area contributed by atoms with Gasteiger partial charge in [-0.25, -0.2) is 13.4 Å². The highest BCUT2D eigenvalue weighted by molar-refractivity contribution is 7.89. The summed E-state index contributed by atoms with van der Waals surface area (Å²) >= 11 is 0. The van der Waals surface area contributed by atoms with Gasteiger partial charge in [0.25, 0.3) is 5.91 Å². The van der Waals surface area contributed by atoms with Crippen LogP contribution in [0.15, 0.2) is 41.7 Å². The van der Waals surface area contributed by atoms with E-state index in [0.29, 0.717) is 43.9 Å². The second-order valence-electron chi connectivity index (χ2n) is 6.71. The highest BCUT2D eigenvalue weighted by Gasteiger charge is 2.43. The third kappa shape index (κ3) is 3.10. The van der Waals surface area contributed by atoms with Gasteiger partial charge in [-0.2, -0.15) is 4.31 Å². The second kappa shape index (κ2) is 6.97. The maximum absolute atomic E-state index is 13.2. The Kier molecular flexibility index (Phi) is 4.65. The van der Waals surface area contributed by atoms with Crippen LogP contribution in [0.2, 0.25) is 0 Å². The Bertz CT molecular complexity index is 929. The Balaban J connectivity index is 1.65. The number of benzene rings is 1. The molecule has 27 heavy (non-hydrogen) atoms. The van der Waals surface area contributed by atoms with Gasteiger partial charge in [0.05, 0.1) is 18.6 Å². The zero-order valence-electron chi connectivity index (χ0n) is 15.0. The molecule has 1 aromatic carbocycles. The van der Waals surface area contributed by atoms with Crippen LogP contribution < -0.4 is 4.74 Å². The summed E-state index contributed by atoms with van der Waals surface area (Å²) in [5.74, 6) is 0.257. The number of H-pyrrole nitrogens is 1. The molecule has 2 aliphatic rings. The van der Waals surface area contributed by atoms with Gasteiger partial charge in [-0.3, -0.25) is 4.79 Å². The molecule has 4 rings (SSSR count). The Morgan fingerprint density at radius 3 is 2.81 bits per heavy atom. The number of carbonyl (C=O) groups excluding carboxylic acids is 1. The molecule has 0 unspecified atom stereocenters. The van der Waals surface area contributed by atoms with E-state index in [1.54, 1.807) is 29.2 Å². The maximum atomic E-state index is 13.2. The number of carbonyl (C=O) groups is 1. The molecule has 0 radical (unpaired) electrons. The van der Waals surface area contributed by atoms with E-state index in [2.05, 4.69) is 9.97 Å². The zero-order valence-corrected chi connectivity index (χ0v) is 15.9. The molecule has 8 nitrogen and oxygen atoms in total. The van der Waals surface area contributed by atoms with Gasteiger partial charge in [0, 0.05) is 26.1 Å². The Morgan fingerprint density at radius 1 is 1.30 bits per heavy atom. The Hall–Kier alpha value is -2.39. The third-order valence-corrected chi connectivity index (χ3v) is 7.26. The van der Waals surface area contributed by atoms with Crippen molar-refractivity contribution in [3.63, 3.8) is 0 Å². The number of imidazole rings is 1. The van der Waals surface area contributed by atoms with Gasteiger partial charge in [-0.05, 0) is 18.6 Å². The molecule has 1 fully saturated rings. The average Bonchev–Trinajstić information content (AvgIpc) is 3.09. The fourth-order valence-corrected chi connectivity index (χ4v) is 5.72. The lowest BCUT2D eigenvalue weighted by atomic mass is 10.1. The Morgan fingerprint density at radius 2 is 2.07 bits per heavy atom. The van der Waals surface area contributed by atoms with Gasteiger partial charge in [0.2, 0.25) is 10.0 Å². The first kappa shape index (κ1) is 18.0. The van der Waals surface area contributed by atoms with Crippen molar-refractivity contribution in [1.29, 1.82) is 0 Å². The van der Waals surface area contributed by atoms with E-state index >= 15 is 0 Å². The molecule has 144 valence electrons. The molecule has 1 amide bonds. The van der Waals surface area contributed by atoms with Crippen LogP contribution in [0.1, 0.15) is 30.3 Å². The van der Waals surface area contributed by atoms with E-state index < -0.39 is 10.0 Å². The van der Waals surface area contributed by atoms with Crippen molar-refractivity contribution in [3.05, 3.63) is 42.5 Å². The molecule has 2 aromatic rings. The quantitative estimate of drug-likeness (QED) is 0.838. The number of fused-ring (bicyclic) bond motifs is 2. The summed E-state index contributed by atoms with van der Waals surface area (Å²) < 4.78 is 34.0. The summed E-state index contributed by atoms with van der Waals surface area (Å²) in [6.45, 7) is 3.15. The van der Waals surface area contributed by atoms with Gasteiger partial charge in [-0.1, -0.05) is 19.1 Å². The summed E-state index contributed by atoms with van der Waals surface area (Å²) in [5.41, 5.74) is 0.434. The van der Waals surface area contributed by atoms with Crippen LogP contribution in [0.3, 0.4) is 0 Å². The molecule has 1 N–H and O–H groups in total. The number of amides is 1. The molecule has 3 heterocycles. The number of sulfonamides is 1. The van der Waals surface area contributed by atoms with Crippen LogP contribution in [0.25, 0.3) is 0 Å². The lowest BCUT2D eigenvalue weighted by Gasteiger charge is -2.30. The van der Waals surface area contributed by atoms with Crippen molar-refractivity contribution in [2.24, 2.45) is 0 Å². The van der Waals surface area contributed by atoms with E-state index in [4.69, 9.17) is 4.74 Å². The minimum absolute atomic E-state index is 0.129. The number of ether oxygens (including phenoxy) is 1. The van der Waals surface area contributed by atoms with Crippen molar-refractivity contribution in [1.82, 2.24) is 19.2 Å². The number of para-hydroxylation sites is 1. The van der Waals surface area contributed by atoms with Crippen molar-refractivity contribution < 1.29 is 17.9 Å². The maximum Gasteiger partial charge on any atom is 0.271 e. The van der Waals surface area contributed by atoms with E-state index in [0.717, 1.165) is 0 Å². The number of rotatable bonds is 2.